The molecule has 0 saturated heterocycles. The number of hydrogen-bond donors (Lipinski definition) is 2. The fourth-order valence-corrected chi connectivity index (χ4v) is 3.12. The van der Waals surface area contributed by atoms with Gasteiger partial charge < -0.3 is 15.6 Å². The van der Waals surface area contributed by atoms with Crippen LogP contribution in [0.25, 0.3) is 0 Å². The molecule has 17 heavy (non-hydrogen) atoms. The van der Waals surface area contributed by atoms with Crippen molar-refractivity contribution in [1.29, 1.82) is 0 Å². The van der Waals surface area contributed by atoms with Gasteiger partial charge in [-0.2, -0.15) is 0 Å². The predicted molar refractivity (Wildman–Crippen MR) is 84.5 cm³/mol. The minimum atomic E-state index is -0.666. The third kappa shape index (κ3) is 4.76. The van der Waals surface area contributed by atoms with Crippen molar-refractivity contribution in [2.75, 3.05) is 7.11 Å². The van der Waals surface area contributed by atoms with Crippen molar-refractivity contribution in [3.63, 3.8) is 0 Å². The smallest absolute Gasteiger partial charge is 0.322 e. The summed E-state index contributed by atoms with van der Waals surface area (Å²) in [6.07, 6.45) is 0.402. The van der Waals surface area contributed by atoms with Crippen LogP contribution < -0.4 is 5.73 Å². The highest BCUT2D eigenvalue weighted by Gasteiger charge is 2.15. The maximum atomic E-state index is 11.2. The maximum absolute atomic E-state index is 11.2. The van der Waals surface area contributed by atoms with Gasteiger partial charge in [-0.05, 0) is 69.3 Å². The summed E-state index contributed by atoms with van der Waals surface area (Å²) >= 11 is 4.07. The Hall–Kier alpha value is 0.200. The molecule has 7 heteroatoms. The van der Waals surface area contributed by atoms with Crippen molar-refractivity contribution >= 4 is 63.6 Å². The van der Waals surface area contributed by atoms with E-state index >= 15 is 0 Å². The van der Waals surface area contributed by atoms with E-state index in [4.69, 9.17) is 5.73 Å². The number of esters is 1. The number of phenols is 1. The molecule has 0 aliphatic rings. The minimum absolute atomic E-state index is 0. The molecule has 1 rings (SSSR count). The Morgan fingerprint density at radius 3 is 2.35 bits per heavy atom. The van der Waals surface area contributed by atoms with E-state index < -0.39 is 12.0 Å². The van der Waals surface area contributed by atoms with Gasteiger partial charge in [-0.1, -0.05) is 0 Å². The number of benzene rings is 1. The van der Waals surface area contributed by atoms with Crippen LogP contribution in [0.2, 0.25) is 0 Å². The SMILES string of the molecule is COC(=O)[C@@H](N)Cc1cc(I)c(O)c(I)c1.Cl. The zero-order valence-corrected chi connectivity index (χ0v) is 14.1. The van der Waals surface area contributed by atoms with Crippen molar-refractivity contribution in [2.45, 2.75) is 12.5 Å². The topological polar surface area (TPSA) is 72.5 Å². The van der Waals surface area contributed by atoms with Crippen molar-refractivity contribution in [1.82, 2.24) is 0 Å². The van der Waals surface area contributed by atoms with Gasteiger partial charge in [-0.25, -0.2) is 0 Å². The highest BCUT2D eigenvalue weighted by Crippen LogP contribution is 2.27. The third-order valence-corrected chi connectivity index (χ3v) is 3.68. The van der Waals surface area contributed by atoms with Gasteiger partial charge in [0.25, 0.3) is 0 Å². The van der Waals surface area contributed by atoms with Crippen molar-refractivity contribution in [2.24, 2.45) is 5.73 Å². The van der Waals surface area contributed by atoms with Crippen LogP contribution in [0, 0.1) is 7.14 Å². The highest BCUT2D eigenvalue weighted by atomic mass is 127. The summed E-state index contributed by atoms with van der Waals surface area (Å²) in [4.78, 5) is 11.2. The number of hydrogen-bond acceptors (Lipinski definition) is 4. The summed E-state index contributed by atoms with van der Waals surface area (Å²) in [6, 6.07) is 2.95. The molecule has 1 aromatic carbocycles. The van der Waals surface area contributed by atoms with E-state index in [1.54, 1.807) is 12.1 Å². The first kappa shape index (κ1) is 17.2. The molecule has 0 aliphatic heterocycles. The summed E-state index contributed by atoms with van der Waals surface area (Å²) in [5, 5.41) is 9.58. The second-order valence-corrected chi connectivity index (χ2v) is 5.57. The van der Waals surface area contributed by atoms with Gasteiger partial charge in [-0.3, -0.25) is 4.79 Å². The number of aromatic hydroxyl groups is 1. The number of halogens is 3. The first-order valence-corrected chi connectivity index (χ1v) is 6.61. The molecule has 1 aromatic rings. The molecule has 0 bridgehead atoms. The molecule has 0 fully saturated rings. The Balaban J connectivity index is 0.00000256. The fourth-order valence-electron chi connectivity index (χ4n) is 1.22. The van der Waals surface area contributed by atoms with Gasteiger partial charge in [0.15, 0.2) is 0 Å². The van der Waals surface area contributed by atoms with E-state index in [9.17, 15) is 9.90 Å². The Labute approximate surface area is 133 Å². The van der Waals surface area contributed by atoms with Crippen LogP contribution in [0.15, 0.2) is 12.1 Å². The monoisotopic (exact) mass is 483 g/mol. The van der Waals surface area contributed by atoms with Gasteiger partial charge >= 0.3 is 5.97 Å². The largest absolute Gasteiger partial charge is 0.506 e. The van der Waals surface area contributed by atoms with Crippen LogP contribution in [0.1, 0.15) is 5.56 Å². The first-order valence-electron chi connectivity index (χ1n) is 4.46. The average molecular weight is 483 g/mol. The molecule has 3 N–H and O–H groups in total. The molecular formula is C10H12ClI2NO3. The molecule has 0 amide bonds. The van der Waals surface area contributed by atoms with E-state index in [2.05, 4.69) is 4.74 Å². The number of rotatable bonds is 3. The van der Waals surface area contributed by atoms with Crippen LogP contribution in [0.3, 0.4) is 0 Å². The lowest BCUT2D eigenvalue weighted by Gasteiger charge is -2.10. The van der Waals surface area contributed by atoms with Crippen LogP contribution in [-0.2, 0) is 16.0 Å². The average Bonchev–Trinajstić information content (AvgIpc) is 2.24. The Kier molecular flexibility index (Phi) is 7.68. The van der Waals surface area contributed by atoms with Crippen LogP contribution in [0.4, 0.5) is 0 Å². The highest BCUT2D eigenvalue weighted by molar-refractivity contribution is 14.1. The standard InChI is InChI=1S/C10H11I2NO3.ClH/c1-16-10(15)8(13)4-5-2-6(11)9(14)7(12)3-5;/h2-3,8,14H,4,13H2,1H3;1H/t8-;/m0./s1. The van der Waals surface area contributed by atoms with E-state index in [1.807, 2.05) is 45.2 Å². The zero-order valence-electron chi connectivity index (χ0n) is 8.94. The lowest BCUT2D eigenvalue weighted by atomic mass is 10.1. The summed E-state index contributed by atoms with van der Waals surface area (Å²) in [7, 11) is 1.31. The summed E-state index contributed by atoms with van der Waals surface area (Å²) < 4.78 is 6.04. The first-order chi connectivity index (χ1) is 7.45. The Morgan fingerprint density at radius 1 is 1.47 bits per heavy atom. The lowest BCUT2D eigenvalue weighted by molar-refractivity contribution is -0.142. The quantitative estimate of drug-likeness (QED) is 0.510. The van der Waals surface area contributed by atoms with E-state index in [0.717, 1.165) is 12.7 Å². The number of carbonyl (C=O) groups excluding carboxylic acids is 1. The lowest BCUT2D eigenvalue weighted by Crippen LogP contribution is -2.33. The second kappa shape index (κ2) is 7.59. The third-order valence-electron chi connectivity index (χ3n) is 2.04. The van der Waals surface area contributed by atoms with Crippen molar-refractivity contribution in [3.05, 3.63) is 24.8 Å². The maximum Gasteiger partial charge on any atom is 0.322 e. The minimum Gasteiger partial charge on any atom is -0.506 e. The molecule has 0 aliphatic carbocycles. The van der Waals surface area contributed by atoms with Gasteiger partial charge in [0.2, 0.25) is 0 Å². The van der Waals surface area contributed by atoms with Crippen molar-refractivity contribution < 1.29 is 14.6 Å². The van der Waals surface area contributed by atoms with Crippen LogP contribution in [0.5, 0.6) is 5.75 Å². The number of ether oxygens (including phenoxy) is 1. The normalized spacial score (nSPS) is 11.5. The van der Waals surface area contributed by atoms with Gasteiger partial charge in [-0.15, -0.1) is 12.4 Å². The molecule has 0 radical (unpaired) electrons. The molecule has 0 heterocycles. The summed E-state index contributed by atoms with van der Waals surface area (Å²) in [6.45, 7) is 0. The van der Waals surface area contributed by atoms with E-state index in [-0.39, 0.29) is 18.2 Å². The molecule has 0 saturated carbocycles. The predicted octanol–water partition coefficient (Wildman–Crippen LogP) is 2.07. The van der Waals surface area contributed by atoms with E-state index in [0.29, 0.717) is 6.42 Å². The summed E-state index contributed by atoms with van der Waals surface area (Å²) in [5.41, 5.74) is 6.56. The molecule has 0 aromatic heterocycles. The molecule has 1 atom stereocenters. The van der Waals surface area contributed by atoms with Gasteiger partial charge in [0.1, 0.15) is 11.8 Å². The molecule has 4 nitrogen and oxygen atoms in total. The number of phenolic OH excluding ortho intramolecular Hbond substituents is 1. The van der Waals surface area contributed by atoms with Crippen LogP contribution >= 0.6 is 57.6 Å². The zero-order chi connectivity index (χ0) is 12.3. The van der Waals surface area contributed by atoms with Gasteiger partial charge in [0.05, 0.1) is 14.3 Å². The Morgan fingerprint density at radius 2 is 1.94 bits per heavy atom. The van der Waals surface area contributed by atoms with Gasteiger partial charge in [0, 0.05) is 0 Å². The number of nitrogens with two attached hydrogens (primary N) is 1. The van der Waals surface area contributed by atoms with Crippen molar-refractivity contribution in [3.8, 4) is 5.75 Å². The molecular weight excluding hydrogens is 471 g/mol. The molecule has 0 unspecified atom stereocenters. The molecule has 96 valence electrons. The fraction of sp³-hybridized carbons (Fsp3) is 0.300. The van der Waals surface area contributed by atoms with E-state index in [1.165, 1.54) is 7.11 Å². The van der Waals surface area contributed by atoms with Crippen LogP contribution in [-0.4, -0.2) is 24.2 Å². The number of methoxy groups -OCH3 is 1. The second-order valence-electron chi connectivity index (χ2n) is 3.24. The number of carbonyl (C=O) groups is 1. The molecule has 0 spiro atoms. The summed E-state index contributed by atoms with van der Waals surface area (Å²) in [5.74, 6) is -0.172. The Bertz CT molecular complexity index is 392.